The number of aromatic nitrogens is 2. The van der Waals surface area contributed by atoms with Crippen LogP contribution in [0.25, 0.3) is 11.5 Å². The lowest BCUT2D eigenvalue weighted by molar-refractivity contribution is -0.117. The number of ether oxygens (including phenoxy) is 1. The minimum absolute atomic E-state index is 0.0180. The number of rotatable bonds is 5. The smallest absolute Gasteiger partial charge is 0.290 e. The van der Waals surface area contributed by atoms with Crippen molar-refractivity contribution in [1.29, 1.82) is 0 Å². The molecule has 0 radical (unpaired) electrons. The third kappa shape index (κ3) is 3.69. The van der Waals surface area contributed by atoms with Gasteiger partial charge in [-0.2, -0.15) is 5.10 Å². The number of anilines is 2. The van der Waals surface area contributed by atoms with E-state index >= 15 is 0 Å². The minimum Gasteiger partial charge on any atom is -0.497 e. The largest absolute Gasteiger partial charge is 0.497 e. The van der Waals surface area contributed by atoms with Crippen LogP contribution in [0.4, 0.5) is 11.4 Å². The second-order valence-electron chi connectivity index (χ2n) is 5.21. The molecule has 0 atom stereocenters. The van der Waals surface area contributed by atoms with Crippen LogP contribution in [0.1, 0.15) is 0 Å². The van der Waals surface area contributed by atoms with Crippen LogP contribution in [-0.4, -0.2) is 22.8 Å². The number of carbonyl (C=O) groups is 1. The lowest BCUT2D eigenvalue weighted by Gasteiger charge is -2.09. The molecule has 8 heteroatoms. The number of nitrogens with one attached hydrogen (secondary N) is 1. The van der Waals surface area contributed by atoms with Gasteiger partial charge in [0.1, 0.15) is 23.7 Å². The SMILES string of the molecule is COc1cccc(NC(=O)Cn2nc(-c3ccco3)cc(N)c2=O)c1. The molecular weight excluding hydrogens is 324 g/mol. The van der Waals surface area contributed by atoms with Crippen molar-refractivity contribution >= 4 is 17.3 Å². The van der Waals surface area contributed by atoms with E-state index in [0.717, 1.165) is 4.68 Å². The monoisotopic (exact) mass is 340 g/mol. The molecular formula is C17H16N4O4. The second-order valence-corrected chi connectivity index (χ2v) is 5.21. The minimum atomic E-state index is -0.545. The van der Waals surface area contributed by atoms with Gasteiger partial charge in [-0.15, -0.1) is 0 Å². The summed E-state index contributed by atoms with van der Waals surface area (Å²) in [7, 11) is 1.54. The zero-order valence-electron chi connectivity index (χ0n) is 13.4. The Bertz CT molecular complexity index is 948. The van der Waals surface area contributed by atoms with Crippen LogP contribution in [0.5, 0.6) is 5.75 Å². The van der Waals surface area contributed by atoms with Crippen LogP contribution < -0.4 is 21.3 Å². The summed E-state index contributed by atoms with van der Waals surface area (Å²) >= 11 is 0. The Balaban J connectivity index is 1.82. The number of amides is 1. The first-order chi connectivity index (χ1) is 12.1. The number of hydrogen-bond donors (Lipinski definition) is 2. The molecule has 3 N–H and O–H groups in total. The summed E-state index contributed by atoms with van der Waals surface area (Å²) in [4.78, 5) is 24.4. The van der Waals surface area contributed by atoms with E-state index in [9.17, 15) is 9.59 Å². The first kappa shape index (κ1) is 16.3. The standard InChI is InChI=1S/C17H16N4O4/c1-24-12-5-2-4-11(8-12)19-16(22)10-21-17(23)13(18)9-14(20-21)15-6-3-7-25-15/h2-9H,10,18H2,1H3,(H,19,22). The third-order valence-electron chi connectivity index (χ3n) is 3.42. The summed E-state index contributed by atoms with van der Waals surface area (Å²) in [6, 6.07) is 11.7. The van der Waals surface area contributed by atoms with Crippen LogP contribution >= 0.6 is 0 Å². The van der Waals surface area contributed by atoms with Gasteiger partial charge in [0.25, 0.3) is 5.56 Å². The van der Waals surface area contributed by atoms with Crippen molar-refractivity contribution in [2.75, 3.05) is 18.2 Å². The normalized spacial score (nSPS) is 10.4. The number of benzene rings is 1. The van der Waals surface area contributed by atoms with Gasteiger partial charge in [-0.1, -0.05) is 6.07 Å². The maximum Gasteiger partial charge on any atom is 0.290 e. The molecule has 0 spiro atoms. The molecule has 0 bridgehead atoms. The van der Waals surface area contributed by atoms with E-state index in [4.69, 9.17) is 14.9 Å². The molecule has 0 saturated heterocycles. The van der Waals surface area contributed by atoms with E-state index in [2.05, 4.69) is 10.4 Å². The Morgan fingerprint density at radius 3 is 2.88 bits per heavy atom. The van der Waals surface area contributed by atoms with Crippen molar-refractivity contribution in [3.05, 3.63) is 59.1 Å². The summed E-state index contributed by atoms with van der Waals surface area (Å²) in [5.41, 5.74) is 6.09. The van der Waals surface area contributed by atoms with E-state index in [1.165, 1.54) is 19.4 Å². The highest BCUT2D eigenvalue weighted by molar-refractivity contribution is 5.90. The van der Waals surface area contributed by atoms with Gasteiger partial charge in [0.15, 0.2) is 5.76 Å². The van der Waals surface area contributed by atoms with Gasteiger partial charge in [-0.25, -0.2) is 4.68 Å². The van der Waals surface area contributed by atoms with Crippen LogP contribution in [0.3, 0.4) is 0 Å². The number of nitrogens with zero attached hydrogens (tertiary/aromatic N) is 2. The lowest BCUT2D eigenvalue weighted by atomic mass is 10.3. The van der Waals surface area contributed by atoms with E-state index in [1.807, 2.05) is 0 Å². The molecule has 0 saturated carbocycles. The molecule has 25 heavy (non-hydrogen) atoms. The summed E-state index contributed by atoms with van der Waals surface area (Å²) in [5.74, 6) is 0.643. The highest BCUT2D eigenvalue weighted by Gasteiger charge is 2.13. The van der Waals surface area contributed by atoms with Crippen molar-refractivity contribution < 1.29 is 13.9 Å². The number of furan rings is 1. The molecule has 0 aliphatic carbocycles. The fourth-order valence-corrected chi connectivity index (χ4v) is 2.25. The van der Waals surface area contributed by atoms with Gasteiger partial charge in [0.05, 0.1) is 13.4 Å². The summed E-state index contributed by atoms with van der Waals surface area (Å²) in [6.45, 7) is -0.283. The van der Waals surface area contributed by atoms with Crippen LogP contribution in [0.15, 0.2) is 57.9 Å². The molecule has 2 aromatic heterocycles. The predicted molar refractivity (Wildman–Crippen MR) is 92.2 cm³/mol. The average molecular weight is 340 g/mol. The number of nitrogens with two attached hydrogens (primary N) is 1. The van der Waals surface area contributed by atoms with E-state index in [-0.39, 0.29) is 12.2 Å². The topological polar surface area (TPSA) is 112 Å². The zero-order chi connectivity index (χ0) is 17.8. The third-order valence-corrected chi connectivity index (χ3v) is 3.42. The number of hydrogen-bond acceptors (Lipinski definition) is 6. The zero-order valence-corrected chi connectivity index (χ0v) is 13.4. The molecule has 1 aromatic carbocycles. The maximum absolute atomic E-state index is 12.2. The molecule has 0 aliphatic heterocycles. The first-order valence-electron chi connectivity index (χ1n) is 7.42. The molecule has 2 heterocycles. The van der Waals surface area contributed by atoms with Crippen molar-refractivity contribution in [2.45, 2.75) is 6.54 Å². The molecule has 0 unspecified atom stereocenters. The van der Waals surface area contributed by atoms with Gasteiger partial charge >= 0.3 is 0 Å². The average Bonchev–Trinajstić information content (AvgIpc) is 3.13. The maximum atomic E-state index is 12.2. The Kier molecular flexibility index (Phi) is 4.51. The molecule has 3 rings (SSSR count). The van der Waals surface area contributed by atoms with Crippen LogP contribution in [-0.2, 0) is 11.3 Å². The molecule has 128 valence electrons. The van der Waals surface area contributed by atoms with E-state index < -0.39 is 11.5 Å². The molecule has 3 aromatic rings. The fraction of sp³-hybridized carbons (Fsp3) is 0.118. The second kappa shape index (κ2) is 6.91. The van der Waals surface area contributed by atoms with Crippen LogP contribution in [0, 0.1) is 0 Å². The molecule has 0 fully saturated rings. The van der Waals surface area contributed by atoms with E-state index in [0.29, 0.717) is 22.9 Å². The quantitative estimate of drug-likeness (QED) is 0.731. The summed E-state index contributed by atoms with van der Waals surface area (Å²) in [6.07, 6.45) is 1.48. The van der Waals surface area contributed by atoms with Crippen molar-refractivity contribution in [3.63, 3.8) is 0 Å². The summed E-state index contributed by atoms with van der Waals surface area (Å²) < 4.78 is 11.4. The number of nitrogen functional groups attached to an aromatic ring is 1. The number of carbonyl (C=O) groups excluding carboxylic acids is 1. The Labute approximate surface area is 142 Å². The van der Waals surface area contributed by atoms with Crippen LogP contribution in [0.2, 0.25) is 0 Å². The summed E-state index contributed by atoms with van der Waals surface area (Å²) in [5, 5.41) is 6.82. The van der Waals surface area contributed by atoms with Gasteiger partial charge in [-0.3, -0.25) is 9.59 Å². The number of methoxy groups -OCH3 is 1. The van der Waals surface area contributed by atoms with Crippen molar-refractivity contribution in [3.8, 4) is 17.2 Å². The van der Waals surface area contributed by atoms with E-state index in [1.54, 1.807) is 36.4 Å². The molecule has 1 amide bonds. The fourth-order valence-electron chi connectivity index (χ4n) is 2.25. The van der Waals surface area contributed by atoms with Gasteiger partial charge in [0, 0.05) is 11.8 Å². The Hall–Kier alpha value is -3.55. The van der Waals surface area contributed by atoms with Gasteiger partial charge < -0.3 is 20.2 Å². The highest BCUT2D eigenvalue weighted by atomic mass is 16.5. The van der Waals surface area contributed by atoms with Gasteiger partial charge in [0.2, 0.25) is 5.91 Å². The van der Waals surface area contributed by atoms with Crippen molar-refractivity contribution in [2.24, 2.45) is 0 Å². The predicted octanol–water partition coefficient (Wildman–Crippen LogP) is 1.73. The Morgan fingerprint density at radius 2 is 2.16 bits per heavy atom. The highest BCUT2D eigenvalue weighted by Crippen LogP contribution is 2.18. The first-order valence-corrected chi connectivity index (χ1v) is 7.42. The van der Waals surface area contributed by atoms with Crippen molar-refractivity contribution in [1.82, 2.24) is 9.78 Å². The molecule has 0 aliphatic rings. The van der Waals surface area contributed by atoms with Gasteiger partial charge in [-0.05, 0) is 30.3 Å². The molecule has 8 nitrogen and oxygen atoms in total. The lowest BCUT2D eigenvalue weighted by Crippen LogP contribution is -2.31. The Morgan fingerprint density at radius 1 is 1.32 bits per heavy atom.